The Morgan fingerprint density at radius 1 is 0.895 bits per heavy atom. The standard InChI is InChI=1S/C28H27F2NO7/c1-17(26(19-4-8-21(29)9-5-19)20-6-10-22(30)11-7-20)38-25(34)13-12-23(33)27-28(37-16-36-18(2)32)24(35-3)14-15-31-27/h4-11,14-15,17,26H,12-13,16H2,1-3H3/t17-/m0/s1. The minimum absolute atomic E-state index is 0.0179. The molecule has 200 valence electrons. The first-order chi connectivity index (χ1) is 18.2. The molecule has 0 amide bonds. The lowest BCUT2D eigenvalue weighted by molar-refractivity contribution is -0.149. The quantitative estimate of drug-likeness (QED) is 0.184. The number of carbonyl (C=O) groups excluding carboxylic acids is 3. The Bertz CT molecular complexity index is 1220. The molecule has 0 bridgehead atoms. The van der Waals surface area contributed by atoms with Gasteiger partial charge in [0, 0.05) is 31.5 Å². The molecule has 2 aromatic carbocycles. The van der Waals surface area contributed by atoms with Gasteiger partial charge in [-0.2, -0.15) is 0 Å². The number of methoxy groups -OCH3 is 1. The average Bonchev–Trinajstić information content (AvgIpc) is 2.89. The van der Waals surface area contributed by atoms with E-state index in [1.54, 1.807) is 31.2 Å². The minimum Gasteiger partial charge on any atom is -0.493 e. The number of hydrogen-bond donors (Lipinski definition) is 0. The van der Waals surface area contributed by atoms with E-state index in [-0.39, 0.29) is 30.0 Å². The number of rotatable bonds is 12. The second-order valence-corrected chi connectivity index (χ2v) is 8.29. The monoisotopic (exact) mass is 527 g/mol. The van der Waals surface area contributed by atoms with Crippen LogP contribution < -0.4 is 9.47 Å². The number of hydrogen-bond acceptors (Lipinski definition) is 8. The number of halogens is 2. The van der Waals surface area contributed by atoms with E-state index in [4.69, 9.17) is 18.9 Å². The fourth-order valence-corrected chi connectivity index (χ4v) is 3.84. The molecule has 0 saturated carbocycles. The Balaban J connectivity index is 1.70. The molecule has 0 aliphatic rings. The van der Waals surface area contributed by atoms with Crippen molar-refractivity contribution in [2.45, 2.75) is 38.7 Å². The van der Waals surface area contributed by atoms with Gasteiger partial charge in [-0.05, 0) is 42.3 Å². The molecule has 1 heterocycles. The molecule has 0 radical (unpaired) electrons. The van der Waals surface area contributed by atoms with Crippen molar-refractivity contribution in [3.8, 4) is 11.5 Å². The number of pyridine rings is 1. The molecule has 0 aliphatic carbocycles. The van der Waals surface area contributed by atoms with Crippen molar-refractivity contribution >= 4 is 17.7 Å². The van der Waals surface area contributed by atoms with E-state index in [9.17, 15) is 23.2 Å². The first-order valence-electron chi connectivity index (χ1n) is 11.7. The molecule has 1 aromatic heterocycles. The molecule has 1 atom stereocenters. The molecule has 3 aromatic rings. The summed E-state index contributed by atoms with van der Waals surface area (Å²) in [4.78, 5) is 40.6. The van der Waals surface area contributed by atoms with Crippen LogP contribution in [0, 0.1) is 11.6 Å². The maximum absolute atomic E-state index is 13.5. The van der Waals surface area contributed by atoms with Gasteiger partial charge in [0.2, 0.25) is 6.79 Å². The summed E-state index contributed by atoms with van der Waals surface area (Å²) in [6.07, 6.45) is 0.130. The van der Waals surface area contributed by atoms with Crippen LogP contribution in [0.5, 0.6) is 11.5 Å². The lowest BCUT2D eigenvalue weighted by Crippen LogP contribution is -2.24. The van der Waals surface area contributed by atoms with Crippen molar-refractivity contribution in [3.63, 3.8) is 0 Å². The zero-order valence-corrected chi connectivity index (χ0v) is 21.1. The van der Waals surface area contributed by atoms with Crippen molar-refractivity contribution in [3.05, 3.63) is 89.2 Å². The van der Waals surface area contributed by atoms with Gasteiger partial charge < -0.3 is 18.9 Å². The Morgan fingerprint density at radius 3 is 2.00 bits per heavy atom. The third kappa shape index (κ3) is 7.58. The van der Waals surface area contributed by atoms with Crippen LogP contribution in [0.4, 0.5) is 8.78 Å². The highest BCUT2D eigenvalue weighted by molar-refractivity contribution is 5.98. The van der Waals surface area contributed by atoms with E-state index in [1.807, 2.05) is 0 Å². The predicted octanol–water partition coefficient (Wildman–Crippen LogP) is 4.99. The summed E-state index contributed by atoms with van der Waals surface area (Å²) in [6.45, 7) is 2.42. The van der Waals surface area contributed by atoms with Gasteiger partial charge in [0.1, 0.15) is 17.7 Å². The van der Waals surface area contributed by atoms with Gasteiger partial charge in [-0.25, -0.2) is 13.8 Å². The summed E-state index contributed by atoms with van der Waals surface area (Å²) in [5, 5.41) is 0. The van der Waals surface area contributed by atoms with Gasteiger partial charge in [0.05, 0.1) is 13.5 Å². The van der Waals surface area contributed by atoms with Crippen molar-refractivity contribution in [2.24, 2.45) is 0 Å². The molecule has 0 unspecified atom stereocenters. The lowest BCUT2D eigenvalue weighted by atomic mass is 9.87. The zero-order chi connectivity index (χ0) is 27.7. The van der Waals surface area contributed by atoms with Crippen LogP contribution in [0.2, 0.25) is 0 Å². The number of ketones is 1. The number of Topliss-reactive ketones (excluding diaryl/α,β-unsaturated/α-hetero) is 1. The third-order valence-corrected chi connectivity index (χ3v) is 5.62. The highest BCUT2D eigenvalue weighted by atomic mass is 19.1. The summed E-state index contributed by atoms with van der Waals surface area (Å²) < 4.78 is 48.0. The smallest absolute Gasteiger partial charge is 0.306 e. The fourth-order valence-electron chi connectivity index (χ4n) is 3.84. The van der Waals surface area contributed by atoms with Crippen LogP contribution in [-0.4, -0.2) is 42.7 Å². The topological polar surface area (TPSA) is 101 Å². The third-order valence-electron chi connectivity index (χ3n) is 5.62. The largest absolute Gasteiger partial charge is 0.493 e. The Kier molecular flexibility index (Phi) is 9.86. The normalized spacial score (nSPS) is 11.5. The predicted molar refractivity (Wildman–Crippen MR) is 132 cm³/mol. The van der Waals surface area contributed by atoms with E-state index in [0.717, 1.165) is 0 Å². The highest BCUT2D eigenvalue weighted by Crippen LogP contribution is 2.32. The molecule has 0 aliphatic heterocycles. The summed E-state index contributed by atoms with van der Waals surface area (Å²) in [7, 11) is 1.37. The van der Waals surface area contributed by atoms with Crippen LogP contribution in [-0.2, 0) is 19.1 Å². The number of carbonyl (C=O) groups is 3. The highest BCUT2D eigenvalue weighted by Gasteiger charge is 2.26. The maximum Gasteiger partial charge on any atom is 0.306 e. The van der Waals surface area contributed by atoms with E-state index in [1.165, 1.54) is 50.6 Å². The first kappa shape index (κ1) is 28.2. The van der Waals surface area contributed by atoms with E-state index >= 15 is 0 Å². The summed E-state index contributed by atoms with van der Waals surface area (Å²) in [6, 6.07) is 12.9. The fraction of sp³-hybridized carbons (Fsp3) is 0.286. The Morgan fingerprint density at radius 2 is 1.47 bits per heavy atom. The number of esters is 2. The summed E-state index contributed by atoms with van der Waals surface area (Å²) in [5.74, 6) is -2.89. The first-order valence-corrected chi connectivity index (χ1v) is 11.7. The molecule has 8 nitrogen and oxygen atoms in total. The van der Waals surface area contributed by atoms with Crippen molar-refractivity contribution in [1.29, 1.82) is 0 Å². The van der Waals surface area contributed by atoms with Crippen LogP contribution in [0.3, 0.4) is 0 Å². The van der Waals surface area contributed by atoms with Crippen LogP contribution in [0.1, 0.15) is 54.2 Å². The molecule has 3 rings (SSSR count). The SMILES string of the molecule is COc1ccnc(C(=O)CCC(=O)O[C@@H](C)C(c2ccc(F)cc2)c2ccc(F)cc2)c1OCOC(C)=O. The van der Waals surface area contributed by atoms with Crippen molar-refractivity contribution in [2.75, 3.05) is 13.9 Å². The van der Waals surface area contributed by atoms with Gasteiger partial charge in [-0.1, -0.05) is 24.3 Å². The van der Waals surface area contributed by atoms with Crippen LogP contribution in [0.15, 0.2) is 60.8 Å². The van der Waals surface area contributed by atoms with Crippen molar-refractivity contribution in [1.82, 2.24) is 4.98 Å². The number of nitrogens with zero attached hydrogens (tertiary/aromatic N) is 1. The lowest BCUT2D eigenvalue weighted by Gasteiger charge is -2.25. The number of ether oxygens (including phenoxy) is 4. The van der Waals surface area contributed by atoms with Gasteiger partial charge >= 0.3 is 11.9 Å². The van der Waals surface area contributed by atoms with Crippen molar-refractivity contribution < 1.29 is 42.1 Å². The number of benzene rings is 2. The second-order valence-electron chi connectivity index (χ2n) is 8.29. The average molecular weight is 528 g/mol. The molecular formula is C28H27F2NO7. The van der Waals surface area contributed by atoms with E-state index in [2.05, 4.69) is 4.98 Å². The van der Waals surface area contributed by atoms with Gasteiger partial charge in [0.15, 0.2) is 23.0 Å². The Labute approximate surface area is 218 Å². The van der Waals surface area contributed by atoms with Gasteiger partial charge in [-0.3, -0.25) is 14.4 Å². The molecule has 0 saturated heterocycles. The molecule has 0 fully saturated rings. The summed E-state index contributed by atoms with van der Waals surface area (Å²) >= 11 is 0. The number of aromatic nitrogens is 1. The van der Waals surface area contributed by atoms with Gasteiger partial charge in [-0.15, -0.1) is 0 Å². The molecular weight excluding hydrogens is 500 g/mol. The zero-order valence-electron chi connectivity index (χ0n) is 21.1. The van der Waals surface area contributed by atoms with E-state index < -0.39 is 48.2 Å². The van der Waals surface area contributed by atoms with Gasteiger partial charge in [0.25, 0.3) is 0 Å². The second kappa shape index (κ2) is 13.3. The molecule has 0 spiro atoms. The Hall–Kier alpha value is -4.34. The maximum atomic E-state index is 13.5. The molecule has 0 N–H and O–H groups in total. The van der Waals surface area contributed by atoms with Crippen LogP contribution in [0.25, 0.3) is 0 Å². The molecule has 38 heavy (non-hydrogen) atoms. The van der Waals surface area contributed by atoms with Crippen LogP contribution >= 0.6 is 0 Å². The summed E-state index contributed by atoms with van der Waals surface area (Å²) in [5.41, 5.74) is 1.25. The van der Waals surface area contributed by atoms with E-state index in [0.29, 0.717) is 11.1 Å². The minimum atomic E-state index is -0.717. The molecule has 10 heteroatoms.